The molecule has 1 heterocycles. The van der Waals surface area contributed by atoms with E-state index in [9.17, 15) is 4.39 Å². The number of aromatic nitrogens is 1. The van der Waals surface area contributed by atoms with Gasteiger partial charge in [-0.3, -0.25) is 4.72 Å². The van der Waals surface area contributed by atoms with Crippen LogP contribution in [0.4, 0.5) is 4.39 Å². The van der Waals surface area contributed by atoms with Crippen LogP contribution in [0.2, 0.25) is 0 Å². The summed E-state index contributed by atoms with van der Waals surface area (Å²) in [5.74, 6) is 0.890. The smallest absolute Gasteiger partial charge is 0.125 e. The molecule has 3 rings (SSSR count). The maximum absolute atomic E-state index is 13.2. The Hall–Kier alpha value is -1.43. The fraction of sp³-hybridized carbons (Fsp3) is 0.176. The first-order valence-electron chi connectivity index (χ1n) is 7.03. The minimum Gasteiger partial charge on any atom is -0.360 e. The van der Waals surface area contributed by atoms with Gasteiger partial charge in [0.2, 0.25) is 0 Å². The van der Waals surface area contributed by atoms with Gasteiger partial charge in [0, 0.05) is 39.9 Å². The first-order chi connectivity index (χ1) is 10.8. The highest BCUT2D eigenvalue weighted by Gasteiger charge is 2.07. The molecule has 0 spiro atoms. The van der Waals surface area contributed by atoms with Crippen LogP contribution >= 0.6 is 23.7 Å². The molecule has 114 valence electrons. The summed E-state index contributed by atoms with van der Waals surface area (Å²) in [4.78, 5) is 4.32. The lowest BCUT2D eigenvalue weighted by Gasteiger charge is -2.05. The maximum atomic E-state index is 13.2. The molecule has 0 atom stereocenters. The molecule has 0 amide bonds. The third kappa shape index (κ3) is 3.48. The molecule has 22 heavy (non-hydrogen) atoms. The quantitative estimate of drug-likeness (QED) is 0.495. The first kappa shape index (κ1) is 15.5. The van der Waals surface area contributed by atoms with Crippen molar-refractivity contribution in [2.75, 3.05) is 18.6 Å². The molecule has 0 bridgehead atoms. The van der Waals surface area contributed by atoms with E-state index in [1.54, 1.807) is 11.9 Å². The molecule has 0 aliphatic heterocycles. The Morgan fingerprint density at radius 2 is 1.95 bits per heavy atom. The van der Waals surface area contributed by atoms with E-state index in [1.165, 1.54) is 17.0 Å². The van der Waals surface area contributed by atoms with Crippen molar-refractivity contribution in [2.45, 2.75) is 4.90 Å². The van der Waals surface area contributed by atoms with Crippen LogP contribution in [0.3, 0.4) is 0 Å². The molecule has 0 aliphatic carbocycles. The van der Waals surface area contributed by atoms with Crippen LogP contribution in [0.25, 0.3) is 22.0 Å². The average molecular weight is 332 g/mol. The first-order valence-corrected chi connectivity index (χ1v) is 9.24. The van der Waals surface area contributed by atoms with Gasteiger partial charge in [0.05, 0.1) is 0 Å². The highest BCUT2D eigenvalue weighted by molar-refractivity contribution is 7.99. The standard InChI is InChI=1S/C17H17FN2S2/c1-21-9-8-20-22-14-5-2-12(3-6-14)16-11-19-17-10-13(18)4-7-15(16)17/h2-7,10-11,19-20H,8-9H2,1H3. The van der Waals surface area contributed by atoms with E-state index in [-0.39, 0.29) is 5.82 Å². The Morgan fingerprint density at radius 3 is 2.73 bits per heavy atom. The van der Waals surface area contributed by atoms with Gasteiger partial charge in [-0.1, -0.05) is 12.1 Å². The molecule has 2 N–H and O–H groups in total. The molecule has 2 aromatic carbocycles. The monoisotopic (exact) mass is 332 g/mol. The van der Waals surface area contributed by atoms with Gasteiger partial charge in [0.25, 0.3) is 0 Å². The zero-order chi connectivity index (χ0) is 15.4. The van der Waals surface area contributed by atoms with Crippen molar-refractivity contribution in [3.8, 4) is 11.1 Å². The van der Waals surface area contributed by atoms with Gasteiger partial charge in [-0.2, -0.15) is 11.8 Å². The van der Waals surface area contributed by atoms with Crippen LogP contribution in [0.15, 0.2) is 53.6 Å². The van der Waals surface area contributed by atoms with Gasteiger partial charge in [-0.15, -0.1) is 0 Å². The van der Waals surface area contributed by atoms with Crippen LogP contribution < -0.4 is 4.72 Å². The summed E-state index contributed by atoms with van der Waals surface area (Å²) < 4.78 is 16.6. The van der Waals surface area contributed by atoms with E-state index in [0.717, 1.165) is 34.3 Å². The number of thioether (sulfide) groups is 1. The summed E-state index contributed by atoms with van der Waals surface area (Å²) in [7, 11) is 0. The number of nitrogens with one attached hydrogen (secondary N) is 2. The highest BCUT2D eigenvalue weighted by atomic mass is 32.2. The Morgan fingerprint density at radius 1 is 1.14 bits per heavy atom. The predicted octanol–water partition coefficient (Wildman–Crippen LogP) is 4.93. The zero-order valence-electron chi connectivity index (χ0n) is 12.2. The molecule has 0 saturated heterocycles. The van der Waals surface area contributed by atoms with Gasteiger partial charge in [0.1, 0.15) is 5.82 Å². The zero-order valence-corrected chi connectivity index (χ0v) is 13.9. The van der Waals surface area contributed by atoms with Crippen molar-refractivity contribution in [1.82, 2.24) is 9.71 Å². The third-order valence-electron chi connectivity index (χ3n) is 3.41. The SMILES string of the molecule is CSCCNSc1ccc(-c2c[nH]c3cc(F)ccc23)cc1. The van der Waals surface area contributed by atoms with E-state index in [4.69, 9.17) is 0 Å². The summed E-state index contributed by atoms with van der Waals surface area (Å²) in [6.45, 7) is 0.988. The van der Waals surface area contributed by atoms with Crippen molar-refractivity contribution in [3.63, 3.8) is 0 Å². The average Bonchev–Trinajstić information content (AvgIpc) is 2.95. The lowest BCUT2D eigenvalue weighted by atomic mass is 10.1. The van der Waals surface area contributed by atoms with Crippen molar-refractivity contribution < 1.29 is 4.39 Å². The molecular weight excluding hydrogens is 315 g/mol. The van der Waals surface area contributed by atoms with E-state index < -0.39 is 0 Å². The minimum atomic E-state index is -0.219. The molecule has 0 aliphatic rings. The second-order valence-electron chi connectivity index (χ2n) is 4.91. The van der Waals surface area contributed by atoms with Gasteiger partial charge >= 0.3 is 0 Å². The number of hydrogen-bond acceptors (Lipinski definition) is 3. The van der Waals surface area contributed by atoms with Crippen LogP contribution in [0.1, 0.15) is 0 Å². The van der Waals surface area contributed by atoms with Gasteiger partial charge in [-0.25, -0.2) is 4.39 Å². The molecule has 5 heteroatoms. The van der Waals surface area contributed by atoms with Crippen molar-refractivity contribution >= 4 is 34.6 Å². The summed E-state index contributed by atoms with van der Waals surface area (Å²) in [5, 5.41) is 1.04. The Labute approximate surface area is 138 Å². The van der Waals surface area contributed by atoms with Crippen molar-refractivity contribution in [3.05, 3.63) is 54.5 Å². The predicted molar refractivity (Wildman–Crippen MR) is 95.9 cm³/mol. The number of aromatic amines is 1. The Kier molecular flexibility index (Phi) is 5.08. The lowest BCUT2D eigenvalue weighted by molar-refractivity contribution is 0.629. The largest absolute Gasteiger partial charge is 0.360 e. The van der Waals surface area contributed by atoms with Crippen LogP contribution in [0, 0.1) is 5.82 Å². The summed E-state index contributed by atoms with van der Waals surface area (Å²) in [6.07, 6.45) is 4.04. The molecule has 2 nitrogen and oxygen atoms in total. The van der Waals surface area contributed by atoms with Gasteiger partial charge in [-0.05, 0) is 54.1 Å². The number of halogens is 1. The van der Waals surface area contributed by atoms with Crippen LogP contribution in [0.5, 0.6) is 0 Å². The Bertz CT molecular complexity index is 753. The topological polar surface area (TPSA) is 27.8 Å². The number of hydrogen-bond donors (Lipinski definition) is 2. The number of benzene rings is 2. The van der Waals surface area contributed by atoms with E-state index in [2.05, 4.69) is 40.2 Å². The second-order valence-corrected chi connectivity index (χ2v) is 6.86. The summed E-state index contributed by atoms with van der Waals surface area (Å²) >= 11 is 3.48. The molecule has 0 saturated carbocycles. The third-order valence-corrected chi connectivity index (χ3v) is 4.88. The lowest BCUT2D eigenvalue weighted by Crippen LogP contribution is -2.07. The summed E-state index contributed by atoms with van der Waals surface area (Å²) in [6, 6.07) is 13.3. The normalized spacial score (nSPS) is 11.2. The fourth-order valence-electron chi connectivity index (χ4n) is 2.32. The van der Waals surface area contributed by atoms with Crippen molar-refractivity contribution in [1.29, 1.82) is 0 Å². The van der Waals surface area contributed by atoms with Crippen LogP contribution in [-0.4, -0.2) is 23.5 Å². The number of H-pyrrole nitrogens is 1. The Balaban J connectivity index is 1.77. The summed E-state index contributed by atoms with van der Waals surface area (Å²) in [5.41, 5.74) is 3.06. The highest BCUT2D eigenvalue weighted by Crippen LogP contribution is 2.30. The van der Waals surface area contributed by atoms with Gasteiger partial charge < -0.3 is 4.98 Å². The van der Waals surface area contributed by atoms with Crippen molar-refractivity contribution in [2.24, 2.45) is 0 Å². The van der Waals surface area contributed by atoms with Crippen LogP contribution in [-0.2, 0) is 0 Å². The molecule has 0 radical (unpaired) electrons. The second kappa shape index (κ2) is 7.22. The molecule has 0 unspecified atom stereocenters. The van der Waals surface area contributed by atoms with Gasteiger partial charge in [0.15, 0.2) is 0 Å². The van der Waals surface area contributed by atoms with E-state index in [1.807, 2.05) is 24.0 Å². The number of rotatable bonds is 6. The number of fused-ring (bicyclic) bond motifs is 1. The maximum Gasteiger partial charge on any atom is 0.125 e. The molecule has 0 fully saturated rings. The van der Waals surface area contributed by atoms with E-state index in [0.29, 0.717) is 0 Å². The molecule has 3 aromatic rings. The minimum absolute atomic E-state index is 0.219. The fourth-order valence-corrected chi connectivity index (χ4v) is 3.40. The van der Waals surface area contributed by atoms with E-state index >= 15 is 0 Å². The molecule has 1 aromatic heterocycles. The molecular formula is C17H17FN2S2.